The SMILES string of the molecule is CC[C@]12C[C@H](C(C)=O)[C@@](C)(OC)[C@@H]3Oc4c(O)ccc5c4[C@@]31CCN(C)[C@@H]2C5. The monoisotopic (exact) mass is 385 g/mol. The average molecular weight is 386 g/mol. The topological polar surface area (TPSA) is 59.0 Å². The Hall–Kier alpha value is -1.59. The number of carbonyl (C=O) groups excluding carboxylic acids is 1. The van der Waals surface area contributed by atoms with E-state index in [1.54, 1.807) is 20.1 Å². The van der Waals surface area contributed by atoms with Crippen molar-refractivity contribution in [1.82, 2.24) is 4.90 Å². The summed E-state index contributed by atoms with van der Waals surface area (Å²) < 4.78 is 12.7. The number of hydrogen-bond acceptors (Lipinski definition) is 5. The Bertz CT molecular complexity index is 868. The first-order valence-corrected chi connectivity index (χ1v) is 10.5. The van der Waals surface area contributed by atoms with Gasteiger partial charge in [0.1, 0.15) is 17.5 Å². The largest absolute Gasteiger partial charge is 0.504 e. The number of piperidine rings is 1. The van der Waals surface area contributed by atoms with Crippen molar-refractivity contribution in [1.29, 1.82) is 0 Å². The van der Waals surface area contributed by atoms with E-state index in [4.69, 9.17) is 9.47 Å². The van der Waals surface area contributed by atoms with Crippen LogP contribution < -0.4 is 4.74 Å². The van der Waals surface area contributed by atoms with Crippen molar-refractivity contribution in [3.05, 3.63) is 23.3 Å². The summed E-state index contributed by atoms with van der Waals surface area (Å²) >= 11 is 0. The van der Waals surface area contributed by atoms with Crippen molar-refractivity contribution >= 4 is 5.78 Å². The fourth-order valence-electron chi connectivity index (χ4n) is 7.71. The zero-order valence-electron chi connectivity index (χ0n) is 17.5. The van der Waals surface area contributed by atoms with Crippen LogP contribution in [0.2, 0.25) is 0 Å². The average Bonchev–Trinajstić information content (AvgIpc) is 3.04. The molecule has 4 aliphatic rings. The van der Waals surface area contributed by atoms with Crippen LogP contribution in [0.15, 0.2) is 12.1 Å². The summed E-state index contributed by atoms with van der Waals surface area (Å²) in [6.45, 7) is 6.99. The molecule has 1 N–H and O–H groups in total. The lowest BCUT2D eigenvalue weighted by molar-refractivity contribution is -0.226. The molecule has 1 spiro atoms. The van der Waals surface area contributed by atoms with Crippen molar-refractivity contribution in [2.45, 2.75) is 69.6 Å². The molecule has 0 amide bonds. The van der Waals surface area contributed by atoms with Gasteiger partial charge < -0.3 is 19.5 Å². The lowest BCUT2D eigenvalue weighted by atomic mass is 9.39. The zero-order valence-corrected chi connectivity index (χ0v) is 17.5. The van der Waals surface area contributed by atoms with Gasteiger partial charge in [-0.1, -0.05) is 13.0 Å². The van der Waals surface area contributed by atoms with Crippen LogP contribution in [-0.2, 0) is 21.4 Å². The molecule has 1 aromatic rings. The normalized spacial score (nSPS) is 43.4. The van der Waals surface area contributed by atoms with E-state index in [0.29, 0.717) is 11.8 Å². The second kappa shape index (κ2) is 5.51. The number of nitrogens with zero attached hydrogens (tertiary/aromatic N) is 1. The van der Waals surface area contributed by atoms with Crippen molar-refractivity contribution in [2.75, 3.05) is 20.7 Å². The van der Waals surface area contributed by atoms with Gasteiger partial charge in [0.25, 0.3) is 0 Å². The van der Waals surface area contributed by atoms with E-state index in [-0.39, 0.29) is 34.4 Å². The number of ketones is 1. The van der Waals surface area contributed by atoms with E-state index in [1.807, 2.05) is 6.92 Å². The highest BCUT2D eigenvalue weighted by Gasteiger charge is 2.76. The molecule has 1 aromatic carbocycles. The fraction of sp³-hybridized carbons (Fsp3) is 0.696. The maximum atomic E-state index is 12.8. The van der Waals surface area contributed by atoms with Gasteiger partial charge in [0.2, 0.25) is 0 Å². The van der Waals surface area contributed by atoms with Crippen LogP contribution in [0, 0.1) is 11.3 Å². The Morgan fingerprint density at radius 2 is 2.18 bits per heavy atom. The lowest BCUT2D eigenvalue weighted by Gasteiger charge is -2.69. The first kappa shape index (κ1) is 18.4. The predicted molar refractivity (Wildman–Crippen MR) is 106 cm³/mol. The minimum atomic E-state index is -0.717. The van der Waals surface area contributed by atoms with Crippen LogP contribution in [-0.4, -0.2) is 54.2 Å². The molecule has 5 nitrogen and oxygen atoms in total. The van der Waals surface area contributed by atoms with Crippen LogP contribution in [0.1, 0.15) is 51.2 Å². The summed E-state index contributed by atoms with van der Waals surface area (Å²) in [5.41, 5.74) is 1.48. The summed E-state index contributed by atoms with van der Waals surface area (Å²) in [7, 11) is 3.92. The highest BCUT2D eigenvalue weighted by Crippen LogP contribution is 2.72. The van der Waals surface area contributed by atoms with Gasteiger partial charge in [-0.25, -0.2) is 0 Å². The highest BCUT2D eigenvalue weighted by molar-refractivity contribution is 5.81. The third kappa shape index (κ3) is 1.75. The number of hydrogen-bond donors (Lipinski definition) is 1. The van der Waals surface area contributed by atoms with Gasteiger partial charge in [0.05, 0.1) is 5.92 Å². The first-order valence-electron chi connectivity index (χ1n) is 10.5. The van der Waals surface area contributed by atoms with Gasteiger partial charge in [0, 0.05) is 29.5 Å². The van der Waals surface area contributed by atoms with Gasteiger partial charge in [-0.2, -0.15) is 0 Å². The summed E-state index contributed by atoms with van der Waals surface area (Å²) in [4.78, 5) is 15.3. The predicted octanol–water partition coefficient (Wildman–Crippen LogP) is 3.06. The Kier molecular flexibility index (Phi) is 3.63. The third-order valence-corrected chi connectivity index (χ3v) is 9.03. The number of phenolic OH excluding ortho intramolecular Hbond substituents is 1. The molecule has 1 saturated heterocycles. The van der Waals surface area contributed by atoms with E-state index in [9.17, 15) is 9.90 Å². The second-order valence-electron chi connectivity index (χ2n) is 9.63. The molecule has 2 bridgehead atoms. The van der Waals surface area contributed by atoms with E-state index < -0.39 is 5.60 Å². The molecular formula is C23H31NO4. The number of ether oxygens (including phenoxy) is 2. The van der Waals surface area contributed by atoms with Gasteiger partial charge in [-0.15, -0.1) is 0 Å². The number of rotatable bonds is 3. The molecule has 152 valence electrons. The third-order valence-electron chi connectivity index (χ3n) is 9.03. The Balaban J connectivity index is 1.87. The summed E-state index contributed by atoms with van der Waals surface area (Å²) in [5, 5.41) is 10.7. The molecule has 2 fully saturated rings. The summed E-state index contributed by atoms with van der Waals surface area (Å²) in [6.07, 6.45) is 3.43. The Morgan fingerprint density at radius 3 is 2.82 bits per heavy atom. The molecule has 0 radical (unpaired) electrons. The number of Topliss-reactive ketones (excluding diaryl/α,β-unsaturated/α-hetero) is 1. The Morgan fingerprint density at radius 1 is 1.43 bits per heavy atom. The van der Waals surface area contributed by atoms with Crippen molar-refractivity contribution in [2.24, 2.45) is 11.3 Å². The molecule has 0 unspecified atom stereocenters. The highest BCUT2D eigenvalue weighted by atomic mass is 16.6. The van der Waals surface area contributed by atoms with Gasteiger partial charge >= 0.3 is 0 Å². The van der Waals surface area contributed by atoms with Crippen molar-refractivity contribution in [3.8, 4) is 11.5 Å². The molecular weight excluding hydrogens is 354 g/mol. The van der Waals surface area contributed by atoms with Crippen molar-refractivity contribution in [3.63, 3.8) is 0 Å². The number of methoxy groups -OCH3 is 1. The molecule has 0 aromatic heterocycles. The maximum Gasteiger partial charge on any atom is 0.165 e. The van der Waals surface area contributed by atoms with E-state index in [0.717, 1.165) is 32.2 Å². The molecule has 2 aliphatic heterocycles. The number of carbonyl (C=O) groups is 1. The minimum Gasteiger partial charge on any atom is -0.504 e. The molecule has 5 heteroatoms. The molecule has 6 atom stereocenters. The quantitative estimate of drug-likeness (QED) is 0.867. The number of benzene rings is 1. The molecule has 28 heavy (non-hydrogen) atoms. The fourth-order valence-corrected chi connectivity index (χ4v) is 7.71. The van der Waals surface area contributed by atoms with Crippen molar-refractivity contribution < 1.29 is 19.4 Å². The zero-order chi connectivity index (χ0) is 20.1. The summed E-state index contributed by atoms with van der Waals surface area (Å²) in [5.74, 6) is 0.795. The molecule has 5 rings (SSSR count). The first-order chi connectivity index (χ1) is 13.3. The smallest absolute Gasteiger partial charge is 0.165 e. The Labute approximate surface area is 167 Å². The van der Waals surface area contributed by atoms with E-state index in [1.165, 1.54) is 11.1 Å². The van der Waals surface area contributed by atoms with Gasteiger partial charge in [0.15, 0.2) is 11.5 Å². The molecule has 2 aliphatic carbocycles. The number of likely N-dealkylation sites (tertiary alicyclic amines) is 1. The minimum absolute atomic E-state index is 0.0644. The van der Waals surface area contributed by atoms with E-state index >= 15 is 0 Å². The van der Waals surface area contributed by atoms with Crippen LogP contribution in [0.5, 0.6) is 11.5 Å². The molecule has 1 saturated carbocycles. The number of likely N-dealkylation sites (N-methyl/N-ethyl adjacent to an activating group) is 1. The standard InChI is InChI=1S/C23H31NO4/c1-6-22-12-15(13(2)25)21(3,27-5)20-23(22)9-10-24(4)17(22)11-14-7-8-16(26)19(28-20)18(14)23/h7-8,15,17,20,26H,6,9-12H2,1-5H3/t15-,17-,20+,21-,22-,23+/m1/s1. The van der Waals surface area contributed by atoms with Crippen LogP contribution >= 0.6 is 0 Å². The van der Waals surface area contributed by atoms with Gasteiger partial charge in [-0.05, 0) is 64.8 Å². The lowest BCUT2D eigenvalue weighted by Crippen LogP contribution is -2.77. The summed E-state index contributed by atoms with van der Waals surface area (Å²) in [6, 6.07) is 4.21. The molecule has 2 heterocycles. The van der Waals surface area contributed by atoms with Crippen LogP contribution in [0.25, 0.3) is 0 Å². The number of aromatic hydroxyl groups is 1. The maximum absolute atomic E-state index is 12.8. The number of phenols is 1. The van der Waals surface area contributed by atoms with Crippen LogP contribution in [0.3, 0.4) is 0 Å². The van der Waals surface area contributed by atoms with E-state index in [2.05, 4.69) is 24.9 Å². The van der Waals surface area contributed by atoms with Gasteiger partial charge in [-0.3, -0.25) is 4.79 Å². The second-order valence-corrected chi connectivity index (χ2v) is 9.63. The van der Waals surface area contributed by atoms with Crippen LogP contribution in [0.4, 0.5) is 0 Å².